The molecule has 0 heterocycles. The Bertz CT molecular complexity index is 229. The lowest BCUT2D eigenvalue weighted by atomic mass is 10.3. The highest BCUT2D eigenvalue weighted by molar-refractivity contribution is 8.15. The Morgan fingerprint density at radius 2 is 2.27 bits per heavy atom. The van der Waals surface area contributed by atoms with Gasteiger partial charge in [-0.2, -0.15) is 5.26 Å². The quantitative estimate of drug-likeness (QED) is 0.382. The van der Waals surface area contributed by atoms with Crippen molar-refractivity contribution in [3.05, 3.63) is 9.81 Å². The summed E-state index contributed by atoms with van der Waals surface area (Å²) >= 11 is 5.22. The van der Waals surface area contributed by atoms with Crippen LogP contribution in [0.4, 0.5) is 0 Å². The van der Waals surface area contributed by atoms with Gasteiger partial charge >= 0.3 is 0 Å². The maximum absolute atomic E-state index is 10.9. The first-order valence-corrected chi connectivity index (χ1v) is 4.44. The maximum Gasteiger partial charge on any atom is 0.263 e. The van der Waals surface area contributed by atoms with Gasteiger partial charge in [-0.05, 0) is 6.26 Å². The summed E-state index contributed by atoms with van der Waals surface area (Å²) in [6.45, 7) is 0. The van der Waals surface area contributed by atoms with Gasteiger partial charge in [0.15, 0.2) is 0 Å². The zero-order valence-corrected chi connectivity index (χ0v) is 7.92. The second-order valence-corrected chi connectivity index (χ2v) is 3.14. The molecule has 0 radical (unpaired) electrons. The summed E-state index contributed by atoms with van der Waals surface area (Å²) in [4.78, 5) is 10.9. The molecule has 11 heavy (non-hydrogen) atoms. The average Bonchev–Trinajstić information content (AvgIpc) is 2.05. The van der Waals surface area contributed by atoms with E-state index >= 15 is 0 Å². The van der Waals surface area contributed by atoms with Gasteiger partial charge in [0.1, 0.15) is 11.6 Å². The molecule has 0 saturated heterocycles. The van der Waals surface area contributed by atoms with Gasteiger partial charge in [0.25, 0.3) is 5.91 Å². The molecular weight excluding hydrogens is 180 g/mol. The number of rotatable bonds is 2. The topological polar surface area (TPSA) is 52.9 Å². The second kappa shape index (κ2) is 5.10. The predicted octanol–water partition coefficient (Wildman–Crippen LogP) is 0.760. The van der Waals surface area contributed by atoms with Crippen molar-refractivity contribution in [3.8, 4) is 6.07 Å². The molecular formula is C6H8N2OS2. The molecule has 0 spiro atoms. The van der Waals surface area contributed by atoms with Gasteiger partial charge in [-0.3, -0.25) is 4.79 Å². The van der Waals surface area contributed by atoms with Gasteiger partial charge in [-0.25, -0.2) is 0 Å². The Morgan fingerprint density at radius 3 is 2.55 bits per heavy atom. The Hall–Kier alpha value is -0.600. The number of likely N-dealkylation sites (N-methyl/N-ethyl adjacent to an activating group) is 1. The Labute approximate surface area is 75.3 Å². The fourth-order valence-corrected chi connectivity index (χ4v) is 0.917. The molecule has 3 nitrogen and oxygen atoms in total. The smallest absolute Gasteiger partial charge is 0.263 e. The highest BCUT2D eigenvalue weighted by Gasteiger charge is 2.09. The number of nitrogens with zero attached hydrogens (tertiary/aromatic N) is 1. The van der Waals surface area contributed by atoms with Crippen molar-refractivity contribution < 1.29 is 4.79 Å². The molecule has 1 amide bonds. The molecule has 0 aliphatic heterocycles. The zero-order chi connectivity index (χ0) is 8.85. The molecule has 5 heteroatoms. The third-order valence-corrected chi connectivity index (χ3v) is 2.34. The number of carbonyl (C=O) groups is 1. The van der Waals surface area contributed by atoms with E-state index in [1.54, 1.807) is 12.3 Å². The van der Waals surface area contributed by atoms with Gasteiger partial charge in [0, 0.05) is 7.05 Å². The standard InChI is InChI=1S/C6H8N2OS2/c1-8-5(9)4(3-7)6(10)11-2/h10H,1-2H3,(H,8,9). The lowest BCUT2D eigenvalue weighted by Gasteiger charge is -1.98. The van der Waals surface area contributed by atoms with Gasteiger partial charge in [-0.1, -0.05) is 0 Å². The summed E-state index contributed by atoms with van der Waals surface area (Å²) < 4.78 is 0.437. The average molecular weight is 188 g/mol. The van der Waals surface area contributed by atoms with E-state index in [2.05, 4.69) is 17.9 Å². The predicted molar refractivity (Wildman–Crippen MR) is 49.2 cm³/mol. The maximum atomic E-state index is 10.9. The molecule has 1 N–H and O–H groups in total. The van der Waals surface area contributed by atoms with E-state index in [9.17, 15) is 4.79 Å². The number of amides is 1. The summed E-state index contributed by atoms with van der Waals surface area (Å²) in [5, 5.41) is 10.8. The molecule has 60 valence electrons. The van der Waals surface area contributed by atoms with E-state index in [0.29, 0.717) is 4.24 Å². The van der Waals surface area contributed by atoms with Crippen molar-refractivity contribution >= 4 is 30.3 Å². The van der Waals surface area contributed by atoms with Crippen molar-refractivity contribution in [1.29, 1.82) is 5.26 Å². The minimum absolute atomic E-state index is 0.0586. The molecule has 0 aromatic rings. The summed E-state index contributed by atoms with van der Waals surface area (Å²) in [7, 11) is 1.47. The molecule has 0 rings (SSSR count). The van der Waals surface area contributed by atoms with Crippen molar-refractivity contribution in [1.82, 2.24) is 5.32 Å². The van der Waals surface area contributed by atoms with E-state index in [4.69, 9.17) is 5.26 Å². The summed E-state index contributed by atoms with van der Waals surface area (Å²) in [5.41, 5.74) is 0.0586. The third-order valence-electron chi connectivity index (χ3n) is 0.973. The second-order valence-electron chi connectivity index (χ2n) is 1.58. The minimum Gasteiger partial charge on any atom is -0.354 e. The van der Waals surface area contributed by atoms with E-state index in [1.807, 2.05) is 0 Å². The van der Waals surface area contributed by atoms with Crippen molar-refractivity contribution in [3.63, 3.8) is 0 Å². The van der Waals surface area contributed by atoms with Crippen molar-refractivity contribution in [2.45, 2.75) is 0 Å². The van der Waals surface area contributed by atoms with Gasteiger partial charge in [0.05, 0.1) is 4.24 Å². The van der Waals surface area contributed by atoms with Crippen LogP contribution in [-0.4, -0.2) is 19.2 Å². The van der Waals surface area contributed by atoms with Crippen LogP contribution in [0, 0.1) is 11.3 Å². The lowest BCUT2D eigenvalue weighted by Crippen LogP contribution is -2.19. The van der Waals surface area contributed by atoms with E-state index < -0.39 is 5.91 Å². The lowest BCUT2D eigenvalue weighted by molar-refractivity contribution is -0.116. The van der Waals surface area contributed by atoms with Crippen LogP contribution in [0.5, 0.6) is 0 Å². The molecule has 0 atom stereocenters. The Balaban J connectivity index is 4.69. The monoisotopic (exact) mass is 188 g/mol. The highest BCUT2D eigenvalue weighted by atomic mass is 32.2. The molecule has 0 aromatic heterocycles. The SMILES string of the molecule is CNC(=O)C(C#N)=C(S)SC. The summed E-state index contributed by atoms with van der Waals surface area (Å²) in [5.74, 6) is -0.396. The number of carbonyl (C=O) groups excluding carboxylic acids is 1. The largest absolute Gasteiger partial charge is 0.354 e. The molecule has 0 unspecified atom stereocenters. The number of thioether (sulfide) groups is 1. The third kappa shape index (κ3) is 2.87. The number of thiol groups is 1. The highest BCUT2D eigenvalue weighted by Crippen LogP contribution is 2.19. The molecule has 0 aromatic carbocycles. The van der Waals surface area contributed by atoms with Crippen LogP contribution in [0.3, 0.4) is 0 Å². The first-order valence-electron chi connectivity index (χ1n) is 2.76. The van der Waals surface area contributed by atoms with E-state index in [1.165, 1.54) is 18.8 Å². The molecule has 0 aliphatic rings. The molecule has 0 bridgehead atoms. The normalized spacial score (nSPS) is 11.5. The summed E-state index contributed by atoms with van der Waals surface area (Å²) in [6.07, 6.45) is 1.75. The van der Waals surface area contributed by atoms with E-state index in [-0.39, 0.29) is 5.57 Å². The van der Waals surface area contributed by atoms with Crippen LogP contribution in [0.25, 0.3) is 0 Å². The zero-order valence-electron chi connectivity index (χ0n) is 6.21. The van der Waals surface area contributed by atoms with Crippen LogP contribution in [-0.2, 0) is 4.79 Å². The Morgan fingerprint density at radius 1 is 1.73 bits per heavy atom. The van der Waals surface area contributed by atoms with Crippen LogP contribution in [0.2, 0.25) is 0 Å². The van der Waals surface area contributed by atoms with Crippen molar-refractivity contribution in [2.75, 3.05) is 13.3 Å². The Kier molecular flexibility index (Phi) is 4.83. The van der Waals surface area contributed by atoms with E-state index in [0.717, 1.165) is 0 Å². The van der Waals surface area contributed by atoms with Crippen LogP contribution in [0.1, 0.15) is 0 Å². The number of nitriles is 1. The number of hydrogen-bond acceptors (Lipinski definition) is 4. The van der Waals surface area contributed by atoms with Crippen LogP contribution in [0.15, 0.2) is 9.81 Å². The van der Waals surface area contributed by atoms with Gasteiger partial charge in [-0.15, -0.1) is 24.4 Å². The fraction of sp³-hybridized carbons (Fsp3) is 0.333. The minimum atomic E-state index is -0.396. The number of nitrogens with one attached hydrogen (secondary N) is 1. The first-order chi connectivity index (χ1) is 5.17. The van der Waals surface area contributed by atoms with Crippen molar-refractivity contribution in [2.24, 2.45) is 0 Å². The molecule has 0 aliphatic carbocycles. The molecule has 0 fully saturated rings. The first kappa shape index (κ1) is 10.4. The summed E-state index contributed by atoms with van der Waals surface area (Å²) in [6, 6.07) is 1.77. The van der Waals surface area contributed by atoms with Gasteiger partial charge in [0.2, 0.25) is 0 Å². The molecule has 0 saturated carbocycles. The fourth-order valence-electron chi connectivity index (χ4n) is 0.423. The number of hydrogen-bond donors (Lipinski definition) is 2. The van der Waals surface area contributed by atoms with Crippen LogP contribution >= 0.6 is 24.4 Å². The van der Waals surface area contributed by atoms with Crippen LogP contribution < -0.4 is 5.32 Å². The van der Waals surface area contributed by atoms with Gasteiger partial charge < -0.3 is 5.32 Å².